The summed E-state index contributed by atoms with van der Waals surface area (Å²) >= 11 is 0. The van der Waals surface area contributed by atoms with Gasteiger partial charge in [0.05, 0.1) is 12.1 Å². The number of carbonyl (C=O) groups is 1. The molecule has 1 aliphatic rings. The van der Waals surface area contributed by atoms with Gasteiger partial charge in [0.2, 0.25) is 0 Å². The minimum atomic E-state index is -0.444. The van der Waals surface area contributed by atoms with E-state index in [1.54, 1.807) is 18.2 Å². The molecule has 0 radical (unpaired) electrons. The van der Waals surface area contributed by atoms with Crippen molar-refractivity contribution in [1.82, 2.24) is 10.3 Å². The Labute approximate surface area is 108 Å². The standard InChI is InChI=1S/C13H10FN3O2/c14-9-3-1-2-4-11(9)19-10-5-6-15-12-8(10)7-16-13(18)17-12/h1-6H,7H2,(H2,15,16,17,18). The van der Waals surface area contributed by atoms with Crippen LogP contribution in [0.25, 0.3) is 0 Å². The van der Waals surface area contributed by atoms with Gasteiger partial charge in [-0.1, -0.05) is 12.1 Å². The molecule has 0 saturated carbocycles. The summed E-state index contributed by atoms with van der Waals surface area (Å²) in [7, 11) is 0. The molecular formula is C13H10FN3O2. The topological polar surface area (TPSA) is 63.2 Å². The number of anilines is 1. The van der Waals surface area contributed by atoms with Crippen molar-refractivity contribution in [2.45, 2.75) is 6.54 Å². The van der Waals surface area contributed by atoms with Crippen LogP contribution in [-0.2, 0) is 6.54 Å². The van der Waals surface area contributed by atoms with Crippen molar-refractivity contribution >= 4 is 11.8 Å². The maximum Gasteiger partial charge on any atom is 0.320 e. The molecule has 0 unspecified atom stereocenters. The predicted octanol–water partition coefficient (Wildman–Crippen LogP) is 2.65. The molecule has 0 saturated heterocycles. The molecule has 5 nitrogen and oxygen atoms in total. The van der Waals surface area contributed by atoms with E-state index in [2.05, 4.69) is 15.6 Å². The van der Waals surface area contributed by atoms with Crippen LogP contribution in [-0.4, -0.2) is 11.0 Å². The second-order valence-electron chi connectivity index (χ2n) is 3.98. The number of urea groups is 1. The SMILES string of the molecule is O=C1NCc2c(Oc3ccccc3F)ccnc2N1. The average molecular weight is 259 g/mol. The lowest BCUT2D eigenvalue weighted by atomic mass is 10.2. The number of carbonyl (C=O) groups excluding carboxylic acids is 1. The Morgan fingerprint density at radius 3 is 2.89 bits per heavy atom. The number of ether oxygens (including phenoxy) is 1. The van der Waals surface area contributed by atoms with E-state index in [1.807, 2.05) is 0 Å². The van der Waals surface area contributed by atoms with Gasteiger partial charge in [-0.2, -0.15) is 0 Å². The van der Waals surface area contributed by atoms with Gasteiger partial charge in [0, 0.05) is 6.20 Å². The van der Waals surface area contributed by atoms with Crippen molar-refractivity contribution in [2.75, 3.05) is 5.32 Å². The summed E-state index contributed by atoms with van der Waals surface area (Å²) in [6.45, 7) is 0.290. The molecule has 2 N–H and O–H groups in total. The number of para-hydroxylation sites is 1. The third kappa shape index (κ3) is 2.20. The highest BCUT2D eigenvalue weighted by molar-refractivity contribution is 5.91. The summed E-state index contributed by atoms with van der Waals surface area (Å²) in [6.07, 6.45) is 1.50. The van der Waals surface area contributed by atoms with Crippen LogP contribution in [0.2, 0.25) is 0 Å². The molecule has 2 amide bonds. The van der Waals surface area contributed by atoms with Crippen molar-refractivity contribution in [3.8, 4) is 11.5 Å². The van der Waals surface area contributed by atoms with E-state index in [4.69, 9.17) is 4.74 Å². The highest BCUT2D eigenvalue weighted by Crippen LogP contribution is 2.31. The van der Waals surface area contributed by atoms with Gasteiger partial charge in [-0.15, -0.1) is 0 Å². The smallest absolute Gasteiger partial charge is 0.320 e. The molecule has 2 heterocycles. The maximum atomic E-state index is 13.5. The first-order valence-electron chi connectivity index (χ1n) is 5.69. The fraction of sp³-hybridized carbons (Fsp3) is 0.0769. The fourth-order valence-corrected chi connectivity index (χ4v) is 1.82. The number of benzene rings is 1. The Kier molecular flexibility index (Phi) is 2.75. The minimum absolute atomic E-state index is 0.132. The van der Waals surface area contributed by atoms with E-state index < -0.39 is 5.82 Å². The molecule has 0 aliphatic carbocycles. The van der Waals surface area contributed by atoms with Gasteiger partial charge in [0.15, 0.2) is 11.6 Å². The highest BCUT2D eigenvalue weighted by atomic mass is 19.1. The van der Waals surface area contributed by atoms with E-state index in [1.165, 1.54) is 18.3 Å². The number of hydrogen-bond acceptors (Lipinski definition) is 3. The quantitative estimate of drug-likeness (QED) is 0.871. The Morgan fingerprint density at radius 1 is 1.21 bits per heavy atom. The summed E-state index contributed by atoms with van der Waals surface area (Å²) in [5, 5.41) is 5.18. The summed E-state index contributed by atoms with van der Waals surface area (Å²) in [4.78, 5) is 15.2. The predicted molar refractivity (Wildman–Crippen MR) is 66.6 cm³/mol. The minimum Gasteiger partial charge on any atom is -0.454 e. The van der Waals surface area contributed by atoms with Crippen LogP contribution in [0, 0.1) is 5.82 Å². The lowest BCUT2D eigenvalue weighted by Crippen LogP contribution is -2.34. The van der Waals surface area contributed by atoms with Crippen molar-refractivity contribution in [3.63, 3.8) is 0 Å². The number of nitrogens with zero attached hydrogens (tertiary/aromatic N) is 1. The molecule has 0 fully saturated rings. The zero-order valence-corrected chi connectivity index (χ0v) is 9.81. The molecule has 0 spiro atoms. The van der Waals surface area contributed by atoms with Gasteiger partial charge in [-0.3, -0.25) is 5.32 Å². The summed E-state index contributed by atoms with van der Waals surface area (Å²) in [5.74, 6) is 0.578. The number of nitrogens with one attached hydrogen (secondary N) is 2. The molecule has 6 heteroatoms. The first-order valence-corrected chi connectivity index (χ1v) is 5.69. The number of aromatic nitrogens is 1. The summed E-state index contributed by atoms with van der Waals surface area (Å²) in [5.41, 5.74) is 0.686. The number of hydrogen-bond donors (Lipinski definition) is 2. The van der Waals surface area contributed by atoms with Gasteiger partial charge in [0.1, 0.15) is 11.6 Å². The van der Waals surface area contributed by atoms with E-state index in [0.717, 1.165) is 0 Å². The molecule has 96 valence electrons. The molecule has 1 aliphatic heterocycles. The van der Waals surface area contributed by atoms with Gasteiger partial charge >= 0.3 is 6.03 Å². The fourth-order valence-electron chi connectivity index (χ4n) is 1.82. The van der Waals surface area contributed by atoms with Crippen molar-refractivity contribution in [3.05, 3.63) is 47.9 Å². The Morgan fingerprint density at radius 2 is 2.05 bits per heavy atom. The summed E-state index contributed by atoms with van der Waals surface area (Å²) < 4.78 is 19.1. The molecule has 1 aromatic carbocycles. The second kappa shape index (κ2) is 4.56. The first kappa shape index (κ1) is 11.5. The molecule has 0 atom stereocenters. The van der Waals surface area contributed by atoms with Crippen molar-refractivity contribution in [2.24, 2.45) is 0 Å². The van der Waals surface area contributed by atoms with Crippen LogP contribution < -0.4 is 15.4 Å². The number of rotatable bonds is 2. The van der Waals surface area contributed by atoms with Crippen LogP contribution in [0.5, 0.6) is 11.5 Å². The van der Waals surface area contributed by atoms with Crippen molar-refractivity contribution < 1.29 is 13.9 Å². The monoisotopic (exact) mass is 259 g/mol. The van der Waals surface area contributed by atoms with Crippen LogP contribution in [0.4, 0.5) is 15.0 Å². The van der Waals surface area contributed by atoms with Gasteiger partial charge in [-0.25, -0.2) is 14.2 Å². The molecule has 0 bridgehead atoms. The van der Waals surface area contributed by atoms with Gasteiger partial charge < -0.3 is 10.1 Å². The van der Waals surface area contributed by atoms with Crippen LogP contribution in [0.3, 0.4) is 0 Å². The lowest BCUT2D eigenvalue weighted by Gasteiger charge is -2.19. The van der Waals surface area contributed by atoms with Crippen LogP contribution >= 0.6 is 0 Å². The molecule has 1 aromatic heterocycles. The Balaban J connectivity index is 1.96. The lowest BCUT2D eigenvalue weighted by molar-refractivity contribution is 0.250. The van der Waals surface area contributed by atoms with Crippen molar-refractivity contribution in [1.29, 1.82) is 0 Å². The van der Waals surface area contributed by atoms with Gasteiger partial charge in [0.25, 0.3) is 0 Å². The maximum absolute atomic E-state index is 13.5. The molecular weight excluding hydrogens is 249 g/mol. The normalized spacial score (nSPS) is 13.2. The van der Waals surface area contributed by atoms with Crippen LogP contribution in [0.1, 0.15) is 5.56 Å². The summed E-state index contributed by atoms with van der Waals surface area (Å²) in [6, 6.07) is 7.45. The average Bonchev–Trinajstić information content (AvgIpc) is 2.41. The second-order valence-corrected chi connectivity index (χ2v) is 3.98. The zero-order valence-electron chi connectivity index (χ0n) is 9.81. The van der Waals surface area contributed by atoms with E-state index >= 15 is 0 Å². The largest absolute Gasteiger partial charge is 0.454 e. The van der Waals surface area contributed by atoms with E-state index in [-0.39, 0.29) is 11.8 Å². The van der Waals surface area contributed by atoms with E-state index in [0.29, 0.717) is 23.7 Å². The Hall–Kier alpha value is -2.63. The number of halogens is 1. The number of pyridine rings is 1. The highest BCUT2D eigenvalue weighted by Gasteiger charge is 2.19. The van der Waals surface area contributed by atoms with Gasteiger partial charge in [-0.05, 0) is 18.2 Å². The molecule has 19 heavy (non-hydrogen) atoms. The van der Waals surface area contributed by atoms with E-state index in [9.17, 15) is 9.18 Å². The third-order valence-electron chi connectivity index (χ3n) is 2.73. The zero-order chi connectivity index (χ0) is 13.2. The van der Waals surface area contributed by atoms with Crippen LogP contribution in [0.15, 0.2) is 36.5 Å². The first-order chi connectivity index (χ1) is 9.24. The molecule has 3 rings (SSSR count). The number of fused-ring (bicyclic) bond motifs is 1. The third-order valence-corrected chi connectivity index (χ3v) is 2.73. The molecule has 2 aromatic rings. The Bertz CT molecular complexity index is 646. The number of amides is 2.